The van der Waals surface area contributed by atoms with Crippen LogP contribution in [0.15, 0.2) is 40.9 Å². The van der Waals surface area contributed by atoms with Crippen molar-refractivity contribution in [3.8, 4) is 5.75 Å². The van der Waals surface area contributed by atoms with E-state index < -0.39 is 4.92 Å². The van der Waals surface area contributed by atoms with Gasteiger partial charge in [-0.05, 0) is 28.4 Å². The van der Waals surface area contributed by atoms with E-state index in [0.29, 0.717) is 15.9 Å². The fourth-order valence-electron chi connectivity index (χ4n) is 1.99. The van der Waals surface area contributed by atoms with Gasteiger partial charge in [-0.3, -0.25) is 10.1 Å². The van der Waals surface area contributed by atoms with E-state index in [9.17, 15) is 10.1 Å². The minimum atomic E-state index is -0.425. The van der Waals surface area contributed by atoms with Gasteiger partial charge in [-0.15, -0.1) is 11.6 Å². The number of hydrogen-bond donors (Lipinski definition) is 0. The molecule has 2 aromatic carbocycles. The van der Waals surface area contributed by atoms with Crippen LogP contribution in [0.4, 0.5) is 5.69 Å². The predicted octanol–water partition coefficient (Wildman–Crippen LogP) is 4.98. The largest absolute Gasteiger partial charge is 0.488 e. The van der Waals surface area contributed by atoms with Crippen molar-refractivity contribution in [1.29, 1.82) is 0 Å². The van der Waals surface area contributed by atoms with E-state index in [4.69, 9.17) is 16.3 Å². The number of aryl methyl sites for hydroxylation is 1. The summed E-state index contributed by atoms with van der Waals surface area (Å²) < 4.78 is 6.26. The summed E-state index contributed by atoms with van der Waals surface area (Å²) in [4.78, 5) is 10.5. The molecule has 0 saturated carbocycles. The summed E-state index contributed by atoms with van der Waals surface area (Å²) in [6.45, 7) is 2.17. The third-order valence-electron chi connectivity index (χ3n) is 3.06. The third kappa shape index (κ3) is 3.54. The molecule has 0 amide bonds. The molecule has 0 heterocycles. The average Bonchev–Trinajstić information content (AvgIpc) is 2.46. The molecular formula is C15H13BrClNO3. The summed E-state index contributed by atoms with van der Waals surface area (Å²) in [5, 5.41) is 10.9. The normalized spacial score (nSPS) is 10.4. The topological polar surface area (TPSA) is 52.4 Å². The van der Waals surface area contributed by atoms with Crippen LogP contribution in [-0.2, 0) is 12.5 Å². The lowest BCUT2D eigenvalue weighted by molar-refractivity contribution is -0.385. The van der Waals surface area contributed by atoms with Gasteiger partial charge in [0.2, 0.25) is 0 Å². The van der Waals surface area contributed by atoms with Gasteiger partial charge in [0, 0.05) is 17.2 Å². The molecule has 21 heavy (non-hydrogen) atoms. The molecule has 2 aromatic rings. The highest BCUT2D eigenvalue weighted by atomic mass is 79.9. The number of benzene rings is 2. The van der Waals surface area contributed by atoms with Gasteiger partial charge in [-0.25, -0.2) is 0 Å². The molecule has 0 radical (unpaired) electrons. The van der Waals surface area contributed by atoms with Crippen LogP contribution >= 0.6 is 27.5 Å². The van der Waals surface area contributed by atoms with E-state index in [-0.39, 0.29) is 12.3 Å². The van der Waals surface area contributed by atoms with Crippen molar-refractivity contribution < 1.29 is 9.66 Å². The van der Waals surface area contributed by atoms with Crippen molar-refractivity contribution in [2.75, 3.05) is 0 Å². The zero-order valence-electron chi connectivity index (χ0n) is 11.3. The second-order valence-corrected chi connectivity index (χ2v) is 5.55. The second kappa shape index (κ2) is 6.91. The molecule has 0 atom stereocenters. The van der Waals surface area contributed by atoms with Crippen molar-refractivity contribution in [2.24, 2.45) is 0 Å². The summed E-state index contributed by atoms with van der Waals surface area (Å²) in [6.07, 6.45) is 0. The van der Waals surface area contributed by atoms with Crippen LogP contribution in [0.3, 0.4) is 0 Å². The fraction of sp³-hybridized carbons (Fsp3) is 0.200. The lowest BCUT2D eigenvalue weighted by Gasteiger charge is -2.13. The first-order valence-corrected chi connectivity index (χ1v) is 7.56. The van der Waals surface area contributed by atoms with Crippen LogP contribution in [0.25, 0.3) is 0 Å². The van der Waals surface area contributed by atoms with Crippen LogP contribution in [-0.4, -0.2) is 4.92 Å². The predicted molar refractivity (Wildman–Crippen MR) is 85.9 cm³/mol. The molecule has 0 spiro atoms. The zero-order valence-corrected chi connectivity index (χ0v) is 13.6. The Bertz CT molecular complexity index is 676. The summed E-state index contributed by atoms with van der Waals surface area (Å²) in [6, 6.07) is 10.6. The number of para-hydroxylation sites is 1. The average molecular weight is 371 g/mol. The second-order valence-electron chi connectivity index (χ2n) is 4.49. The maximum absolute atomic E-state index is 10.9. The molecule has 0 fully saturated rings. The Kier molecular flexibility index (Phi) is 5.20. The van der Waals surface area contributed by atoms with Gasteiger partial charge < -0.3 is 4.74 Å². The lowest BCUT2D eigenvalue weighted by atomic mass is 10.1. The number of rotatable bonds is 5. The lowest BCUT2D eigenvalue weighted by Crippen LogP contribution is -2.02. The molecule has 0 bridgehead atoms. The smallest absolute Gasteiger partial charge is 0.283 e. The number of hydrogen-bond acceptors (Lipinski definition) is 3. The standard InChI is InChI=1S/C15H13BrClNO3/c1-10-4-2-5-11(8-17)15(10)21-9-12-6-3-7-13(14(12)16)18(19)20/h2-7H,8-9H2,1H3. The van der Waals surface area contributed by atoms with Gasteiger partial charge in [-0.2, -0.15) is 0 Å². The minimum Gasteiger partial charge on any atom is -0.488 e. The first kappa shape index (κ1) is 15.8. The Morgan fingerprint density at radius 1 is 1.24 bits per heavy atom. The molecular weight excluding hydrogens is 358 g/mol. The van der Waals surface area contributed by atoms with Gasteiger partial charge in [0.25, 0.3) is 5.69 Å². The van der Waals surface area contributed by atoms with Crippen LogP contribution < -0.4 is 4.74 Å². The number of nitro groups is 1. The Hall–Kier alpha value is -1.59. The molecule has 0 aromatic heterocycles. The zero-order chi connectivity index (χ0) is 15.4. The molecule has 0 aliphatic rings. The van der Waals surface area contributed by atoms with Gasteiger partial charge in [0.05, 0.1) is 10.8 Å². The molecule has 0 saturated heterocycles. The van der Waals surface area contributed by atoms with Gasteiger partial charge in [0.1, 0.15) is 16.8 Å². The van der Waals surface area contributed by atoms with E-state index in [2.05, 4.69) is 15.9 Å². The van der Waals surface area contributed by atoms with Crippen molar-refractivity contribution in [1.82, 2.24) is 0 Å². The molecule has 0 aliphatic carbocycles. The van der Waals surface area contributed by atoms with Crippen LogP contribution in [0, 0.1) is 17.0 Å². The molecule has 0 N–H and O–H groups in total. The first-order valence-electron chi connectivity index (χ1n) is 6.23. The monoisotopic (exact) mass is 369 g/mol. The van der Waals surface area contributed by atoms with Crippen molar-refractivity contribution in [3.05, 3.63) is 67.7 Å². The SMILES string of the molecule is Cc1cccc(CCl)c1OCc1cccc([N+](=O)[O-])c1Br. The number of halogens is 2. The van der Waals surface area contributed by atoms with Gasteiger partial charge in [0.15, 0.2) is 0 Å². The highest BCUT2D eigenvalue weighted by molar-refractivity contribution is 9.10. The Morgan fingerprint density at radius 3 is 2.57 bits per heavy atom. The molecule has 0 unspecified atom stereocenters. The maximum atomic E-state index is 10.9. The fourth-order valence-corrected chi connectivity index (χ4v) is 2.73. The highest BCUT2D eigenvalue weighted by Gasteiger charge is 2.15. The summed E-state index contributed by atoms with van der Waals surface area (Å²) in [5.41, 5.74) is 2.62. The summed E-state index contributed by atoms with van der Waals surface area (Å²) >= 11 is 9.17. The minimum absolute atomic E-state index is 0.0263. The van der Waals surface area contributed by atoms with E-state index in [1.54, 1.807) is 12.1 Å². The molecule has 6 heteroatoms. The first-order chi connectivity index (χ1) is 10.0. The Morgan fingerprint density at radius 2 is 1.90 bits per heavy atom. The summed E-state index contributed by atoms with van der Waals surface area (Å²) in [7, 11) is 0. The van der Waals surface area contributed by atoms with E-state index in [1.807, 2.05) is 25.1 Å². The van der Waals surface area contributed by atoms with Crippen LogP contribution in [0.2, 0.25) is 0 Å². The third-order valence-corrected chi connectivity index (χ3v) is 4.27. The number of alkyl halides is 1. The number of nitrogens with zero attached hydrogens (tertiary/aromatic N) is 1. The highest BCUT2D eigenvalue weighted by Crippen LogP contribution is 2.31. The maximum Gasteiger partial charge on any atom is 0.283 e. The van der Waals surface area contributed by atoms with Crippen molar-refractivity contribution in [3.63, 3.8) is 0 Å². The quantitative estimate of drug-likeness (QED) is 0.423. The summed E-state index contributed by atoms with van der Waals surface area (Å²) in [5.74, 6) is 1.08. The molecule has 0 aliphatic heterocycles. The molecule has 4 nitrogen and oxygen atoms in total. The van der Waals surface area contributed by atoms with E-state index in [0.717, 1.165) is 16.9 Å². The van der Waals surface area contributed by atoms with Crippen LogP contribution in [0.5, 0.6) is 5.75 Å². The van der Waals surface area contributed by atoms with E-state index >= 15 is 0 Å². The van der Waals surface area contributed by atoms with Gasteiger partial charge in [-0.1, -0.05) is 30.3 Å². The number of ether oxygens (including phenoxy) is 1. The Labute approximate surface area is 136 Å². The number of nitro benzene ring substituents is 1. The molecule has 2 rings (SSSR count). The van der Waals surface area contributed by atoms with E-state index in [1.165, 1.54) is 6.07 Å². The van der Waals surface area contributed by atoms with Crippen LogP contribution in [0.1, 0.15) is 16.7 Å². The van der Waals surface area contributed by atoms with Crippen molar-refractivity contribution in [2.45, 2.75) is 19.4 Å². The molecule has 110 valence electrons. The Balaban J connectivity index is 2.25. The van der Waals surface area contributed by atoms with Gasteiger partial charge >= 0.3 is 0 Å². The van der Waals surface area contributed by atoms with Crippen molar-refractivity contribution >= 4 is 33.2 Å².